The van der Waals surface area contributed by atoms with Crippen LogP contribution in [0.4, 0.5) is 0 Å². The van der Waals surface area contributed by atoms with E-state index in [0.717, 1.165) is 0 Å². The van der Waals surface area contributed by atoms with Crippen molar-refractivity contribution in [1.82, 2.24) is 25.9 Å². The van der Waals surface area contributed by atoms with Crippen LogP contribution >= 0.6 is 0 Å². The quantitative estimate of drug-likeness (QED) is 0.164. The molecule has 0 aliphatic carbocycles. The van der Waals surface area contributed by atoms with E-state index in [-0.39, 0.29) is 24.7 Å². The normalized spacial score (nSPS) is 14.6. The molecule has 0 bridgehead atoms. The molecular weight excluding hydrogens is 460 g/mol. The van der Waals surface area contributed by atoms with E-state index in [4.69, 9.17) is 5.73 Å². The lowest BCUT2D eigenvalue weighted by Crippen LogP contribution is -2.58. The topological polar surface area (TPSA) is 217 Å². The van der Waals surface area contributed by atoms with E-state index < -0.39 is 60.2 Å². The maximum absolute atomic E-state index is 13.0. The number of carbonyl (C=O) groups excluding carboxylic acids is 3. The van der Waals surface area contributed by atoms with Gasteiger partial charge in [0.2, 0.25) is 17.7 Å². The highest BCUT2D eigenvalue weighted by Gasteiger charge is 2.32. The van der Waals surface area contributed by atoms with Gasteiger partial charge in [0.1, 0.15) is 18.1 Å². The molecule has 1 rings (SSSR count). The Morgan fingerprint density at radius 1 is 0.886 bits per heavy atom. The van der Waals surface area contributed by atoms with Gasteiger partial charge >= 0.3 is 11.9 Å². The number of rotatable bonds is 15. The number of aliphatic carboxylic acids is 2. The van der Waals surface area contributed by atoms with E-state index in [1.165, 1.54) is 12.5 Å². The van der Waals surface area contributed by atoms with Crippen LogP contribution < -0.4 is 21.7 Å². The standard InChI is InChI=1S/C22H36N6O7/c1-11(2)5-14(23)19(31)26-15(6-12(3)4)20(32)27-16(8-18(29)30)21(33)28-17(22(34)35)7-13-9-24-10-25-13/h9-12,14-17H,5-8,23H2,1-4H3,(H,24,25)(H,26,31)(H,27,32)(H,28,33)(H,29,30)(H,34,35). The van der Waals surface area contributed by atoms with Gasteiger partial charge in [-0.3, -0.25) is 19.2 Å². The van der Waals surface area contributed by atoms with Crippen LogP contribution in [0.1, 0.15) is 52.7 Å². The van der Waals surface area contributed by atoms with Crippen molar-refractivity contribution in [3.05, 3.63) is 18.2 Å². The number of carboxylic acids is 2. The lowest BCUT2D eigenvalue weighted by molar-refractivity contribution is -0.143. The summed E-state index contributed by atoms with van der Waals surface area (Å²) in [5.41, 5.74) is 6.34. The number of nitrogens with zero attached hydrogens (tertiary/aromatic N) is 1. The molecule has 0 saturated carbocycles. The Morgan fingerprint density at radius 3 is 1.91 bits per heavy atom. The Morgan fingerprint density at radius 2 is 1.43 bits per heavy atom. The van der Waals surface area contributed by atoms with Gasteiger partial charge in [-0.05, 0) is 24.7 Å². The molecule has 8 N–H and O–H groups in total. The van der Waals surface area contributed by atoms with Gasteiger partial charge in [-0.2, -0.15) is 0 Å². The maximum atomic E-state index is 13.0. The molecule has 1 heterocycles. The second-order valence-corrected chi connectivity index (χ2v) is 9.27. The van der Waals surface area contributed by atoms with Crippen LogP contribution in [0.25, 0.3) is 0 Å². The van der Waals surface area contributed by atoms with Gasteiger partial charge in [0.25, 0.3) is 0 Å². The van der Waals surface area contributed by atoms with Gasteiger partial charge in [0.05, 0.1) is 18.8 Å². The average Bonchev–Trinajstić information content (AvgIpc) is 3.24. The number of nitrogens with two attached hydrogens (primary N) is 1. The van der Waals surface area contributed by atoms with Gasteiger partial charge in [-0.1, -0.05) is 27.7 Å². The summed E-state index contributed by atoms with van der Waals surface area (Å²) in [6, 6.07) is -4.87. The highest BCUT2D eigenvalue weighted by molar-refractivity contribution is 5.95. The SMILES string of the molecule is CC(C)CC(N)C(=O)NC(CC(C)C)C(=O)NC(CC(=O)O)C(=O)NC(Cc1cnc[nH]1)C(=O)O. The van der Waals surface area contributed by atoms with Crippen LogP contribution in [-0.2, 0) is 30.4 Å². The molecule has 1 aromatic heterocycles. The maximum Gasteiger partial charge on any atom is 0.326 e. The number of hydrogen-bond acceptors (Lipinski definition) is 7. The molecule has 35 heavy (non-hydrogen) atoms. The van der Waals surface area contributed by atoms with Crippen molar-refractivity contribution in [2.24, 2.45) is 17.6 Å². The fraction of sp³-hybridized carbons (Fsp3) is 0.636. The summed E-state index contributed by atoms with van der Waals surface area (Å²) in [5.74, 6) is -4.90. The fourth-order valence-electron chi connectivity index (χ4n) is 3.34. The van der Waals surface area contributed by atoms with Gasteiger partial charge in [-0.15, -0.1) is 0 Å². The number of hydrogen-bond donors (Lipinski definition) is 7. The first kappa shape index (κ1) is 29.6. The molecule has 13 nitrogen and oxygen atoms in total. The van der Waals surface area contributed by atoms with Crippen molar-refractivity contribution in [2.45, 2.75) is 77.5 Å². The molecule has 196 valence electrons. The van der Waals surface area contributed by atoms with Crippen molar-refractivity contribution < 1.29 is 34.2 Å². The zero-order valence-corrected chi connectivity index (χ0v) is 20.4. The molecule has 4 unspecified atom stereocenters. The van der Waals surface area contributed by atoms with Gasteiger partial charge in [0.15, 0.2) is 0 Å². The molecule has 0 aliphatic rings. The Kier molecular flexibility index (Phi) is 11.9. The fourth-order valence-corrected chi connectivity index (χ4v) is 3.34. The zero-order chi connectivity index (χ0) is 26.7. The minimum Gasteiger partial charge on any atom is -0.481 e. The van der Waals surface area contributed by atoms with Gasteiger partial charge < -0.3 is 36.9 Å². The van der Waals surface area contributed by atoms with E-state index in [9.17, 15) is 34.2 Å². The van der Waals surface area contributed by atoms with Gasteiger partial charge in [-0.25, -0.2) is 9.78 Å². The molecule has 0 aliphatic heterocycles. The molecule has 0 radical (unpaired) electrons. The van der Waals surface area contributed by atoms with E-state index in [1.807, 2.05) is 27.7 Å². The Bertz CT molecular complexity index is 872. The number of aromatic amines is 1. The summed E-state index contributed by atoms with van der Waals surface area (Å²) >= 11 is 0. The number of amides is 3. The average molecular weight is 497 g/mol. The van der Waals surface area contributed by atoms with E-state index in [0.29, 0.717) is 12.1 Å². The second-order valence-electron chi connectivity index (χ2n) is 9.27. The number of imidazole rings is 1. The van der Waals surface area contributed by atoms with E-state index in [2.05, 4.69) is 25.9 Å². The van der Waals surface area contributed by atoms with Crippen LogP contribution in [0.5, 0.6) is 0 Å². The van der Waals surface area contributed by atoms with Crippen LogP contribution in [0, 0.1) is 11.8 Å². The predicted molar refractivity (Wildman–Crippen MR) is 125 cm³/mol. The van der Waals surface area contributed by atoms with Crippen LogP contribution in [-0.4, -0.2) is 74.0 Å². The third kappa shape index (κ3) is 11.0. The molecule has 13 heteroatoms. The second kappa shape index (κ2) is 14.0. The van der Waals surface area contributed by atoms with E-state index in [1.54, 1.807) is 0 Å². The Hall–Kier alpha value is -3.48. The molecule has 0 aromatic carbocycles. The summed E-state index contributed by atoms with van der Waals surface area (Å²) < 4.78 is 0. The lowest BCUT2D eigenvalue weighted by Gasteiger charge is -2.25. The van der Waals surface area contributed by atoms with Crippen LogP contribution in [0.2, 0.25) is 0 Å². The van der Waals surface area contributed by atoms with Crippen LogP contribution in [0.15, 0.2) is 12.5 Å². The summed E-state index contributed by atoms with van der Waals surface area (Å²) in [5, 5.41) is 25.9. The van der Waals surface area contributed by atoms with Crippen molar-refractivity contribution in [3.8, 4) is 0 Å². The molecule has 3 amide bonds. The zero-order valence-electron chi connectivity index (χ0n) is 20.4. The van der Waals surface area contributed by atoms with Crippen molar-refractivity contribution in [3.63, 3.8) is 0 Å². The van der Waals surface area contributed by atoms with Crippen molar-refractivity contribution >= 4 is 29.7 Å². The molecule has 0 saturated heterocycles. The smallest absolute Gasteiger partial charge is 0.326 e. The first-order valence-corrected chi connectivity index (χ1v) is 11.4. The monoisotopic (exact) mass is 496 g/mol. The van der Waals surface area contributed by atoms with E-state index >= 15 is 0 Å². The summed E-state index contributed by atoms with van der Waals surface area (Å²) in [4.78, 5) is 67.7. The molecule has 0 spiro atoms. The first-order valence-electron chi connectivity index (χ1n) is 11.4. The molecule has 4 atom stereocenters. The predicted octanol–water partition coefficient (Wildman–Crippen LogP) is -0.615. The molecular formula is C22H36N6O7. The molecule has 1 aromatic rings. The minimum absolute atomic E-state index is 0.0232. The van der Waals surface area contributed by atoms with Crippen LogP contribution in [0.3, 0.4) is 0 Å². The first-order chi connectivity index (χ1) is 16.3. The number of carbonyl (C=O) groups is 5. The number of aromatic nitrogens is 2. The van der Waals surface area contributed by atoms with Crippen molar-refractivity contribution in [2.75, 3.05) is 0 Å². The summed E-state index contributed by atoms with van der Waals surface area (Å²) in [6.07, 6.45) is 2.43. The third-order valence-corrected chi connectivity index (χ3v) is 5.01. The highest BCUT2D eigenvalue weighted by Crippen LogP contribution is 2.09. The number of nitrogens with one attached hydrogen (secondary N) is 4. The largest absolute Gasteiger partial charge is 0.481 e. The highest BCUT2D eigenvalue weighted by atomic mass is 16.4. The summed E-state index contributed by atoms with van der Waals surface area (Å²) in [7, 11) is 0. The van der Waals surface area contributed by atoms with Crippen molar-refractivity contribution in [1.29, 1.82) is 0 Å². The number of carboxylic acid groups (broad SMARTS) is 2. The lowest BCUT2D eigenvalue weighted by atomic mass is 10.00. The molecule has 0 fully saturated rings. The Labute approximate surface area is 203 Å². The van der Waals surface area contributed by atoms with Gasteiger partial charge in [0, 0.05) is 18.3 Å². The number of H-pyrrole nitrogens is 1. The Balaban J connectivity index is 2.98. The summed E-state index contributed by atoms with van der Waals surface area (Å²) in [6.45, 7) is 7.46. The third-order valence-electron chi connectivity index (χ3n) is 5.01. The minimum atomic E-state index is -1.57.